The summed E-state index contributed by atoms with van der Waals surface area (Å²) in [4.78, 5) is 16.5. The smallest absolute Gasteiger partial charge is 0.310 e. The molecule has 2 rings (SSSR count). The molecule has 1 aromatic carbocycles. The van der Waals surface area contributed by atoms with E-state index in [4.69, 9.17) is 5.11 Å². The topological polar surface area (TPSA) is 54.6 Å². The van der Waals surface area contributed by atoms with Gasteiger partial charge in [-0.1, -0.05) is 6.07 Å². The maximum absolute atomic E-state index is 11.0. The van der Waals surface area contributed by atoms with E-state index in [1.807, 2.05) is 48.3 Å². The molecule has 0 spiro atoms. The highest BCUT2D eigenvalue weighted by Gasteiger charge is 2.15. The number of rotatable bonds is 3. The molecular formula is C14H16N2O2S. The van der Waals surface area contributed by atoms with Gasteiger partial charge in [0.1, 0.15) is 0 Å². The van der Waals surface area contributed by atoms with Gasteiger partial charge < -0.3 is 9.67 Å². The molecule has 1 unspecified atom stereocenters. The molecule has 0 bridgehead atoms. The first-order valence-corrected chi connectivity index (χ1v) is 6.85. The van der Waals surface area contributed by atoms with E-state index >= 15 is 0 Å². The first kappa shape index (κ1) is 13.5. The van der Waals surface area contributed by atoms with Crippen molar-refractivity contribution in [2.45, 2.75) is 19.8 Å². The maximum Gasteiger partial charge on any atom is 0.310 e. The number of thiazole rings is 1. The summed E-state index contributed by atoms with van der Waals surface area (Å²) >= 11 is 1.57. The molecular weight excluding hydrogens is 260 g/mol. The molecule has 0 aliphatic carbocycles. The SMILES string of the molecule is Cc1cc(/N=c2\sccn2C)ccc1C(C)C(=O)O. The number of benzene rings is 1. The van der Waals surface area contributed by atoms with Crippen LogP contribution in [0.1, 0.15) is 24.0 Å². The van der Waals surface area contributed by atoms with Crippen molar-refractivity contribution in [2.24, 2.45) is 12.0 Å². The van der Waals surface area contributed by atoms with E-state index in [1.54, 1.807) is 18.3 Å². The van der Waals surface area contributed by atoms with Crippen LogP contribution in [0.5, 0.6) is 0 Å². The molecule has 5 heteroatoms. The van der Waals surface area contributed by atoms with Crippen LogP contribution in [0, 0.1) is 6.92 Å². The highest BCUT2D eigenvalue weighted by atomic mass is 32.1. The predicted octanol–water partition coefficient (Wildman–Crippen LogP) is 2.82. The van der Waals surface area contributed by atoms with Crippen molar-refractivity contribution in [3.8, 4) is 0 Å². The van der Waals surface area contributed by atoms with Crippen molar-refractivity contribution in [3.63, 3.8) is 0 Å². The first-order chi connectivity index (χ1) is 8.99. The summed E-state index contributed by atoms with van der Waals surface area (Å²) in [7, 11) is 1.95. The van der Waals surface area contributed by atoms with Crippen LogP contribution in [0.25, 0.3) is 0 Å². The molecule has 0 fully saturated rings. The van der Waals surface area contributed by atoms with Crippen LogP contribution in [0.3, 0.4) is 0 Å². The number of nitrogens with zero attached hydrogens (tertiary/aromatic N) is 2. The van der Waals surface area contributed by atoms with Crippen molar-refractivity contribution in [3.05, 3.63) is 45.7 Å². The summed E-state index contributed by atoms with van der Waals surface area (Å²) in [5.41, 5.74) is 2.63. The van der Waals surface area contributed by atoms with Crippen molar-refractivity contribution in [2.75, 3.05) is 0 Å². The Morgan fingerprint density at radius 1 is 1.47 bits per heavy atom. The quantitative estimate of drug-likeness (QED) is 0.937. The molecule has 19 heavy (non-hydrogen) atoms. The Kier molecular flexibility index (Phi) is 3.85. The first-order valence-electron chi connectivity index (χ1n) is 5.97. The molecule has 0 saturated carbocycles. The van der Waals surface area contributed by atoms with Gasteiger partial charge in [0, 0.05) is 18.6 Å². The van der Waals surface area contributed by atoms with Crippen LogP contribution in [-0.2, 0) is 11.8 Å². The Bertz CT molecular complexity index is 670. The number of carboxylic acid groups (broad SMARTS) is 1. The highest BCUT2D eigenvalue weighted by molar-refractivity contribution is 7.07. The molecule has 1 heterocycles. The highest BCUT2D eigenvalue weighted by Crippen LogP contribution is 2.24. The standard InChI is InChI=1S/C14H16N2O2S/c1-9-8-11(15-14-16(3)6-7-19-14)4-5-12(9)10(2)13(17)18/h4-8,10H,1-3H3,(H,17,18)/b15-14-. The average Bonchev–Trinajstić information content (AvgIpc) is 2.74. The second kappa shape index (κ2) is 5.40. The molecule has 0 radical (unpaired) electrons. The number of aromatic nitrogens is 1. The van der Waals surface area contributed by atoms with Gasteiger partial charge in [0.25, 0.3) is 0 Å². The molecule has 0 amide bonds. The molecule has 1 aromatic heterocycles. The third-order valence-corrected chi connectivity index (χ3v) is 3.92. The van der Waals surface area contributed by atoms with Crippen LogP contribution < -0.4 is 4.80 Å². The largest absolute Gasteiger partial charge is 0.481 e. The number of hydrogen-bond acceptors (Lipinski definition) is 3. The minimum atomic E-state index is -0.808. The van der Waals surface area contributed by atoms with Crippen molar-refractivity contribution in [1.82, 2.24) is 4.57 Å². The number of carboxylic acids is 1. The van der Waals surface area contributed by atoms with Crippen molar-refractivity contribution in [1.29, 1.82) is 0 Å². The maximum atomic E-state index is 11.0. The minimum Gasteiger partial charge on any atom is -0.481 e. The molecule has 1 N–H and O–H groups in total. The zero-order valence-corrected chi connectivity index (χ0v) is 11.9. The number of hydrogen-bond donors (Lipinski definition) is 1. The monoisotopic (exact) mass is 276 g/mol. The third kappa shape index (κ3) is 2.93. The molecule has 0 aliphatic rings. The predicted molar refractivity (Wildman–Crippen MR) is 75.7 cm³/mol. The van der Waals surface area contributed by atoms with Gasteiger partial charge in [-0.15, -0.1) is 11.3 Å². The summed E-state index contributed by atoms with van der Waals surface area (Å²) in [6.45, 7) is 3.61. The van der Waals surface area contributed by atoms with Gasteiger partial charge in [-0.2, -0.15) is 0 Å². The zero-order valence-electron chi connectivity index (χ0n) is 11.1. The Labute approximate surface area is 115 Å². The van der Waals surface area contributed by atoms with E-state index in [1.165, 1.54) is 0 Å². The van der Waals surface area contributed by atoms with E-state index in [0.717, 1.165) is 21.6 Å². The Morgan fingerprint density at radius 3 is 2.74 bits per heavy atom. The van der Waals surface area contributed by atoms with Gasteiger partial charge in [-0.25, -0.2) is 4.99 Å². The fourth-order valence-corrected chi connectivity index (χ4v) is 2.64. The minimum absolute atomic E-state index is 0.494. The zero-order chi connectivity index (χ0) is 14.0. The lowest BCUT2D eigenvalue weighted by atomic mass is 9.96. The second-order valence-corrected chi connectivity index (χ2v) is 5.38. The summed E-state index contributed by atoms with van der Waals surface area (Å²) in [6, 6.07) is 5.64. The lowest BCUT2D eigenvalue weighted by molar-refractivity contribution is -0.138. The molecule has 100 valence electrons. The van der Waals surface area contributed by atoms with Gasteiger partial charge in [0.05, 0.1) is 11.6 Å². The number of aryl methyl sites for hydroxylation is 2. The number of aliphatic carboxylic acids is 1. The van der Waals surface area contributed by atoms with Crippen LogP contribution in [0.2, 0.25) is 0 Å². The molecule has 4 nitrogen and oxygen atoms in total. The van der Waals surface area contributed by atoms with Crippen LogP contribution in [-0.4, -0.2) is 15.6 Å². The van der Waals surface area contributed by atoms with Gasteiger partial charge in [-0.05, 0) is 37.1 Å². The fraction of sp³-hybridized carbons (Fsp3) is 0.286. The van der Waals surface area contributed by atoms with Crippen molar-refractivity contribution >= 4 is 23.0 Å². The van der Waals surface area contributed by atoms with E-state index in [2.05, 4.69) is 4.99 Å². The fourth-order valence-electron chi connectivity index (χ4n) is 1.89. The van der Waals surface area contributed by atoms with Crippen LogP contribution in [0.15, 0.2) is 34.8 Å². The van der Waals surface area contributed by atoms with Gasteiger partial charge in [0.2, 0.25) is 0 Å². The molecule has 0 aliphatic heterocycles. The van der Waals surface area contributed by atoms with Crippen molar-refractivity contribution < 1.29 is 9.90 Å². The third-order valence-electron chi connectivity index (χ3n) is 3.07. The van der Waals surface area contributed by atoms with Gasteiger partial charge in [-0.3, -0.25) is 4.79 Å². The molecule has 2 aromatic rings. The average molecular weight is 276 g/mol. The second-order valence-electron chi connectivity index (χ2n) is 4.51. The summed E-state index contributed by atoms with van der Waals surface area (Å²) < 4.78 is 1.95. The van der Waals surface area contributed by atoms with Gasteiger partial charge in [0.15, 0.2) is 4.80 Å². The Hall–Kier alpha value is -1.88. The summed E-state index contributed by atoms with van der Waals surface area (Å²) in [5, 5.41) is 11.0. The number of carbonyl (C=O) groups is 1. The van der Waals surface area contributed by atoms with Crippen LogP contribution >= 0.6 is 11.3 Å². The summed E-state index contributed by atoms with van der Waals surface area (Å²) in [5.74, 6) is -1.30. The molecule has 0 saturated heterocycles. The Morgan fingerprint density at radius 2 is 2.21 bits per heavy atom. The van der Waals surface area contributed by atoms with E-state index in [0.29, 0.717) is 0 Å². The van der Waals surface area contributed by atoms with Crippen LogP contribution in [0.4, 0.5) is 5.69 Å². The Balaban J connectivity index is 2.40. The summed E-state index contributed by atoms with van der Waals surface area (Å²) in [6.07, 6.45) is 1.96. The van der Waals surface area contributed by atoms with E-state index in [9.17, 15) is 4.79 Å². The normalized spacial score (nSPS) is 13.5. The van der Waals surface area contributed by atoms with E-state index < -0.39 is 11.9 Å². The molecule has 1 atom stereocenters. The van der Waals surface area contributed by atoms with E-state index in [-0.39, 0.29) is 0 Å². The van der Waals surface area contributed by atoms with Gasteiger partial charge >= 0.3 is 5.97 Å². The lowest BCUT2D eigenvalue weighted by Gasteiger charge is -2.10. The lowest BCUT2D eigenvalue weighted by Crippen LogP contribution is -2.09.